The quantitative estimate of drug-likeness (QED) is 0.543. The van der Waals surface area contributed by atoms with Crippen LogP contribution in [-0.4, -0.2) is 8.42 Å². The molecule has 2 aromatic rings. The molecule has 0 amide bonds. The van der Waals surface area contributed by atoms with Gasteiger partial charge in [0.2, 0.25) is 0 Å². The molecule has 112 valence electrons. The highest BCUT2D eigenvalue weighted by molar-refractivity contribution is 9.10. The van der Waals surface area contributed by atoms with Gasteiger partial charge in [0.1, 0.15) is 4.90 Å². The average molecular weight is 431 g/mol. The fraction of sp³-hybridized carbons (Fsp3) is 0. The van der Waals surface area contributed by atoms with Crippen molar-refractivity contribution in [2.75, 3.05) is 10.5 Å². The van der Waals surface area contributed by atoms with Crippen LogP contribution in [-0.2, 0) is 10.0 Å². The summed E-state index contributed by atoms with van der Waals surface area (Å²) in [6.07, 6.45) is 0. The van der Waals surface area contributed by atoms with Crippen LogP contribution in [0.1, 0.15) is 0 Å². The molecule has 0 aliphatic carbocycles. The molecule has 0 spiro atoms. The summed E-state index contributed by atoms with van der Waals surface area (Å²) in [5, 5.41) is 0.538. The van der Waals surface area contributed by atoms with Gasteiger partial charge in [0.05, 0.1) is 21.4 Å². The number of sulfonamides is 1. The molecule has 3 N–H and O–H groups in total. The van der Waals surface area contributed by atoms with Crippen LogP contribution in [0.15, 0.2) is 39.7 Å². The predicted molar refractivity (Wildman–Crippen MR) is 90.8 cm³/mol. The molecule has 0 saturated carbocycles. The monoisotopic (exact) mass is 428 g/mol. The molecule has 4 nitrogen and oxygen atoms in total. The van der Waals surface area contributed by atoms with E-state index >= 15 is 0 Å². The second kappa shape index (κ2) is 6.22. The summed E-state index contributed by atoms with van der Waals surface area (Å²) < 4.78 is 27.6. The van der Waals surface area contributed by atoms with Crippen molar-refractivity contribution in [1.82, 2.24) is 0 Å². The van der Waals surface area contributed by atoms with E-state index in [1.807, 2.05) is 0 Å². The van der Waals surface area contributed by atoms with E-state index in [2.05, 4.69) is 20.7 Å². The summed E-state index contributed by atoms with van der Waals surface area (Å²) in [5.74, 6) is 0. The molecule has 0 fully saturated rings. The fourth-order valence-electron chi connectivity index (χ4n) is 1.55. The summed E-state index contributed by atoms with van der Waals surface area (Å²) in [6.45, 7) is 0. The van der Waals surface area contributed by atoms with Gasteiger partial charge in [-0.15, -0.1) is 0 Å². The Labute approximate surface area is 145 Å². The highest BCUT2D eigenvalue weighted by atomic mass is 79.9. The third-order valence-electron chi connectivity index (χ3n) is 2.54. The van der Waals surface area contributed by atoms with Crippen LogP contribution in [0.25, 0.3) is 0 Å². The molecule has 0 radical (unpaired) electrons. The third kappa shape index (κ3) is 3.57. The smallest absolute Gasteiger partial charge is 0.264 e. The van der Waals surface area contributed by atoms with Crippen LogP contribution >= 0.6 is 50.7 Å². The predicted octanol–water partition coefficient (Wildman–Crippen LogP) is 4.79. The second-order valence-electron chi connectivity index (χ2n) is 4.01. The molecule has 0 unspecified atom stereocenters. The molecule has 21 heavy (non-hydrogen) atoms. The number of hydrogen-bond acceptors (Lipinski definition) is 3. The topological polar surface area (TPSA) is 72.2 Å². The number of nitrogen functional groups attached to an aromatic ring is 1. The Balaban J connectivity index is 2.47. The van der Waals surface area contributed by atoms with E-state index in [-0.39, 0.29) is 31.3 Å². The van der Waals surface area contributed by atoms with Gasteiger partial charge in [0, 0.05) is 9.50 Å². The first-order valence-electron chi connectivity index (χ1n) is 5.43. The van der Waals surface area contributed by atoms with Crippen LogP contribution in [0, 0.1) is 0 Å². The maximum Gasteiger partial charge on any atom is 0.264 e. The summed E-state index contributed by atoms with van der Waals surface area (Å²) in [4.78, 5) is -0.134. The van der Waals surface area contributed by atoms with Gasteiger partial charge in [0.15, 0.2) is 0 Å². The second-order valence-corrected chi connectivity index (χ2v) is 7.71. The first-order chi connectivity index (χ1) is 9.72. The van der Waals surface area contributed by atoms with Gasteiger partial charge in [-0.1, -0.05) is 34.8 Å². The van der Waals surface area contributed by atoms with Crippen molar-refractivity contribution in [1.29, 1.82) is 0 Å². The van der Waals surface area contributed by atoms with Crippen LogP contribution in [0.5, 0.6) is 0 Å². The minimum Gasteiger partial charge on any atom is -0.398 e. The Kier molecular flexibility index (Phi) is 4.95. The summed E-state index contributed by atoms with van der Waals surface area (Å²) in [6, 6.07) is 7.23. The molecule has 0 aromatic heterocycles. The standard InChI is InChI=1S/C12H8BrCl3N2O2S/c13-7-2-4-9(12(16)11(7)15)18-21(19,20)10-5-6(14)1-3-8(10)17/h1-5,18H,17H2. The number of nitrogens with one attached hydrogen (secondary N) is 1. The van der Waals surface area contributed by atoms with E-state index in [0.717, 1.165) is 0 Å². The van der Waals surface area contributed by atoms with Gasteiger partial charge >= 0.3 is 0 Å². The van der Waals surface area contributed by atoms with E-state index in [4.69, 9.17) is 40.5 Å². The van der Waals surface area contributed by atoms with Crippen molar-refractivity contribution in [2.24, 2.45) is 0 Å². The van der Waals surface area contributed by atoms with Crippen molar-refractivity contribution >= 4 is 72.1 Å². The van der Waals surface area contributed by atoms with Gasteiger partial charge in [-0.05, 0) is 46.3 Å². The average Bonchev–Trinajstić information content (AvgIpc) is 2.42. The largest absolute Gasteiger partial charge is 0.398 e. The number of hydrogen-bond donors (Lipinski definition) is 2. The van der Waals surface area contributed by atoms with Crippen LogP contribution < -0.4 is 10.5 Å². The van der Waals surface area contributed by atoms with E-state index in [1.165, 1.54) is 24.3 Å². The molecule has 0 aliphatic rings. The zero-order valence-corrected chi connectivity index (χ0v) is 14.9. The SMILES string of the molecule is Nc1ccc(Cl)cc1S(=O)(=O)Nc1ccc(Br)c(Cl)c1Cl. The Morgan fingerprint density at radius 1 is 1.05 bits per heavy atom. The lowest BCUT2D eigenvalue weighted by Crippen LogP contribution is -2.15. The molecule has 0 bridgehead atoms. The zero-order valence-electron chi connectivity index (χ0n) is 10.2. The number of halogens is 4. The Morgan fingerprint density at radius 2 is 1.71 bits per heavy atom. The van der Waals surface area contributed by atoms with E-state index in [1.54, 1.807) is 6.07 Å². The molecule has 0 saturated heterocycles. The van der Waals surface area contributed by atoms with Gasteiger partial charge in [-0.3, -0.25) is 4.72 Å². The zero-order chi connectivity index (χ0) is 15.8. The van der Waals surface area contributed by atoms with Crippen LogP contribution in [0.3, 0.4) is 0 Å². The maximum absolute atomic E-state index is 12.4. The Hall–Kier alpha value is -0.660. The van der Waals surface area contributed by atoms with Crippen molar-refractivity contribution in [3.05, 3.63) is 49.9 Å². The first kappa shape index (κ1) is 16.7. The summed E-state index contributed by atoms with van der Waals surface area (Å²) in [5.41, 5.74) is 5.89. The molecule has 0 aliphatic heterocycles. The third-order valence-corrected chi connectivity index (χ3v) is 5.97. The number of benzene rings is 2. The number of rotatable bonds is 3. The number of nitrogens with two attached hydrogens (primary N) is 1. The lowest BCUT2D eigenvalue weighted by Gasteiger charge is -2.12. The first-order valence-corrected chi connectivity index (χ1v) is 8.84. The number of anilines is 2. The van der Waals surface area contributed by atoms with Crippen molar-refractivity contribution in [3.8, 4) is 0 Å². The minimum atomic E-state index is -3.94. The lowest BCUT2D eigenvalue weighted by molar-refractivity contribution is 0.601. The Bertz CT molecular complexity index is 812. The Morgan fingerprint density at radius 3 is 2.38 bits per heavy atom. The molecule has 0 atom stereocenters. The maximum atomic E-state index is 12.4. The van der Waals surface area contributed by atoms with Gasteiger partial charge in [-0.2, -0.15) is 0 Å². The lowest BCUT2D eigenvalue weighted by atomic mass is 10.3. The van der Waals surface area contributed by atoms with Crippen molar-refractivity contribution in [3.63, 3.8) is 0 Å². The van der Waals surface area contributed by atoms with Crippen LogP contribution in [0.2, 0.25) is 15.1 Å². The van der Waals surface area contributed by atoms with E-state index in [9.17, 15) is 8.42 Å². The van der Waals surface area contributed by atoms with Crippen LogP contribution in [0.4, 0.5) is 11.4 Å². The molecular weight excluding hydrogens is 422 g/mol. The molecule has 0 heterocycles. The molecular formula is C12H8BrCl3N2O2S. The van der Waals surface area contributed by atoms with E-state index in [0.29, 0.717) is 4.47 Å². The highest BCUT2D eigenvalue weighted by Crippen LogP contribution is 2.37. The fourth-order valence-corrected chi connectivity index (χ4v) is 3.89. The molecule has 2 aromatic carbocycles. The summed E-state index contributed by atoms with van der Waals surface area (Å²) >= 11 is 21.0. The van der Waals surface area contributed by atoms with Gasteiger partial charge in [-0.25, -0.2) is 8.42 Å². The summed E-state index contributed by atoms with van der Waals surface area (Å²) in [7, 11) is -3.94. The van der Waals surface area contributed by atoms with Gasteiger partial charge in [0.25, 0.3) is 10.0 Å². The highest BCUT2D eigenvalue weighted by Gasteiger charge is 2.20. The minimum absolute atomic E-state index is 0.0752. The molecule has 9 heteroatoms. The van der Waals surface area contributed by atoms with Gasteiger partial charge < -0.3 is 5.73 Å². The van der Waals surface area contributed by atoms with Crippen molar-refractivity contribution in [2.45, 2.75) is 4.90 Å². The van der Waals surface area contributed by atoms with E-state index < -0.39 is 10.0 Å². The normalized spacial score (nSPS) is 11.4. The molecule has 2 rings (SSSR count). The van der Waals surface area contributed by atoms with Crippen molar-refractivity contribution < 1.29 is 8.42 Å².